The molecule has 0 aliphatic rings. The molecule has 4 nitrogen and oxygen atoms in total. The van der Waals surface area contributed by atoms with Gasteiger partial charge in [0.1, 0.15) is 5.75 Å². The minimum atomic E-state index is -0.113. The van der Waals surface area contributed by atoms with Crippen LogP contribution in [-0.4, -0.2) is 24.1 Å². The Balaban J connectivity index is 2.66. The summed E-state index contributed by atoms with van der Waals surface area (Å²) in [5.41, 5.74) is 6.89. The molecule has 0 bridgehead atoms. The number of benzene rings is 1. The van der Waals surface area contributed by atoms with E-state index in [0.717, 1.165) is 12.0 Å². The van der Waals surface area contributed by atoms with Crippen LogP contribution in [0.1, 0.15) is 36.2 Å². The van der Waals surface area contributed by atoms with E-state index >= 15 is 0 Å². The van der Waals surface area contributed by atoms with Gasteiger partial charge in [-0.15, -0.1) is 0 Å². The topological polar surface area (TPSA) is 75.3 Å². The molecule has 0 spiro atoms. The van der Waals surface area contributed by atoms with Crippen molar-refractivity contribution in [3.63, 3.8) is 0 Å². The number of carbonyl (C=O) groups excluding carboxylic acids is 1. The molecular formula is C14H22N2O2. The van der Waals surface area contributed by atoms with E-state index in [1.807, 2.05) is 0 Å². The monoisotopic (exact) mass is 250 g/mol. The molecule has 1 rings (SSSR count). The first-order valence-electron chi connectivity index (χ1n) is 6.13. The smallest absolute Gasteiger partial charge is 0.251 e. The fourth-order valence-electron chi connectivity index (χ4n) is 1.80. The molecule has 0 heterocycles. The molecule has 1 aromatic carbocycles. The number of amides is 1. The lowest BCUT2D eigenvalue weighted by Crippen LogP contribution is -2.35. The standard InChI is InChI=1S/C14H22N2O2/c1-10-8-11(17)4-5-12(10)13(18)16-9-14(2,3)6-7-15/h4-5,8,17H,6-7,9,15H2,1-3H3,(H,16,18). The highest BCUT2D eigenvalue weighted by molar-refractivity contribution is 5.95. The summed E-state index contributed by atoms with van der Waals surface area (Å²) in [6, 6.07) is 4.74. The highest BCUT2D eigenvalue weighted by Crippen LogP contribution is 2.19. The molecule has 4 heteroatoms. The summed E-state index contributed by atoms with van der Waals surface area (Å²) in [7, 11) is 0. The number of hydrogen-bond donors (Lipinski definition) is 3. The molecule has 0 fully saturated rings. The molecule has 0 unspecified atom stereocenters. The second-order valence-electron chi connectivity index (χ2n) is 5.38. The van der Waals surface area contributed by atoms with Gasteiger partial charge in [-0.05, 0) is 49.1 Å². The van der Waals surface area contributed by atoms with Crippen LogP contribution in [0.3, 0.4) is 0 Å². The van der Waals surface area contributed by atoms with Crippen molar-refractivity contribution in [2.75, 3.05) is 13.1 Å². The predicted molar refractivity (Wildman–Crippen MR) is 72.6 cm³/mol. The highest BCUT2D eigenvalue weighted by Gasteiger charge is 2.18. The average Bonchev–Trinajstić information content (AvgIpc) is 2.26. The van der Waals surface area contributed by atoms with Crippen molar-refractivity contribution in [3.8, 4) is 5.75 Å². The lowest BCUT2D eigenvalue weighted by atomic mass is 9.89. The van der Waals surface area contributed by atoms with E-state index in [4.69, 9.17) is 5.73 Å². The van der Waals surface area contributed by atoms with Gasteiger partial charge in [-0.2, -0.15) is 0 Å². The first-order chi connectivity index (χ1) is 8.35. The van der Waals surface area contributed by atoms with Gasteiger partial charge in [0, 0.05) is 12.1 Å². The van der Waals surface area contributed by atoms with Crippen molar-refractivity contribution >= 4 is 5.91 Å². The van der Waals surface area contributed by atoms with Gasteiger partial charge in [0.15, 0.2) is 0 Å². The molecule has 0 aromatic heterocycles. The van der Waals surface area contributed by atoms with Crippen LogP contribution >= 0.6 is 0 Å². The molecule has 0 saturated heterocycles. The van der Waals surface area contributed by atoms with Crippen molar-refractivity contribution < 1.29 is 9.90 Å². The number of nitrogens with two attached hydrogens (primary N) is 1. The Hall–Kier alpha value is -1.55. The van der Waals surface area contributed by atoms with Crippen LogP contribution in [0.5, 0.6) is 5.75 Å². The Labute approximate surface area is 108 Å². The number of aromatic hydroxyl groups is 1. The molecule has 18 heavy (non-hydrogen) atoms. The highest BCUT2D eigenvalue weighted by atomic mass is 16.3. The van der Waals surface area contributed by atoms with Crippen LogP contribution in [0.25, 0.3) is 0 Å². The Morgan fingerprint density at radius 2 is 2.11 bits per heavy atom. The van der Waals surface area contributed by atoms with E-state index in [1.54, 1.807) is 19.1 Å². The second kappa shape index (κ2) is 5.87. The average molecular weight is 250 g/mol. The van der Waals surface area contributed by atoms with Gasteiger partial charge in [0.25, 0.3) is 5.91 Å². The van der Waals surface area contributed by atoms with Crippen LogP contribution in [0, 0.1) is 12.3 Å². The number of phenolic OH excluding ortho intramolecular Hbond substituents is 1. The summed E-state index contributed by atoms with van der Waals surface area (Å²) in [5.74, 6) is 0.0603. The van der Waals surface area contributed by atoms with Gasteiger partial charge in [-0.1, -0.05) is 13.8 Å². The van der Waals surface area contributed by atoms with E-state index in [-0.39, 0.29) is 17.1 Å². The first kappa shape index (κ1) is 14.5. The van der Waals surface area contributed by atoms with Gasteiger partial charge in [0.05, 0.1) is 0 Å². The maximum Gasteiger partial charge on any atom is 0.251 e. The van der Waals surface area contributed by atoms with E-state index in [0.29, 0.717) is 18.7 Å². The van der Waals surface area contributed by atoms with Crippen LogP contribution < -0.4 is 11.1 Å². The van der Waals surface area contributed by atoms with Gasteiger partial charge in [-0.25, -0.2) is 0 Å². The normalized spacial score (nSPS) is 11.3. The molecule has 4 N–H and O–H groups in total. The molecular weight excluding hydrogens is 228 g/mol. The summed E-state index contributed by atoms with van der Waals surface area (Å²) in [6.45, 7) is 7.15. The lowest BCUT2D eigenvalue weighted by molar-refractivity contribution is 0.0934. The third kappa shape index (κ3) is 4.04. The van der Waals surface area contributed by atoms with Crippen LogP contribution in [0.2, 0.25) is 0 Å². The Morgan fingerprint density at radius 1 is 1.44 bits per heavy atom. The summed E-state index contributed by atoms with van der Waals surface area (Å²) in [6.07, 6.45) is 0.863. The van der Waals surface area contributed by atoms with Crippen molar-refractivity contribution in [1.29, 1.82) is 0 Å². The number of aryl methyl sites for hydroxylation is 1. The lowest BCUT2D eigenvalue weighted by Gasteiger charge is -2.24. The Morgan fingerprint density at radius 3 is 2.67 bits per heavy atom. The molecule has 0 atom stereocenters. The quantitative estimate of drug-likeness (QED) is 0.746. The Bertz CT molecular complexity index is 428. The zero-order chi connectivity index (χ0) is 13.8. The molecule has 0 radical (unpaired) electrons. The van der Waals surface area contributed by atoms with Gasteiger partial charge < -0.3 is 16.2 Å². The van der Waals surface area contributed by atoms with Crippen LogP contribution in [0.4, 0.5) is 0 Å². The SMILES string of the molecule is Cc1cc(O)ccc1C(=O)NCC(C)(C)CCN. The maximum absolute atomic E-state index is 12.0. The first-order valence-corrected chi connectivity index (χ1v) is 6.13. The predicted octanol–water partition coefficient (Wildman–Crippen LogP) is 1.81. The third-order valence-electron chi connectivity index (χ3n) is 3.00. The van der Waals surface area contributed by atoms with E-state index in [1.165, 1.54) is 6.07 Å². The number of rotatable bonds is 5. The molecule has 0 saturated carbocycles. The number of nitrogens with one attached hydrogen (secondary N) is 1. The van der Waals surface area contributed by atoms with Gasteiger partial charge in [-0.3, -0.25) is 4.79 Å². The third-order valence-corrected chi connectivity index (χ3v) is 3.00. The minimum absolute atomic E-state index is 0.00473. The fraction of sp³-hybridized carbons (Fsp3) is 0.500. The molecule has 0 aliphatic carbocycles. The van der Waals surface area contributed by atoms with Crippen LogP contribution in [0.15, 0.2) is 18.2 Å². The van der Waals surface area contributed by atoms with E-state index in [9.17, 15) is 9.90 Å². The minimum Gasteiger partial charge on any atom is -0.508 e. The van der Waals surface area contributed by atoms with Crippen molar-refractivity contribution in [2.24, 2.45) is 11.1 Å². The molecule has 1 amide bonds. The molecule has 0 aliphatic heterocycles. The van der Waals surface area contributed by atoms with E-state index < -0.39 is 0 Å². The largest absolute Gasteiger partial charge is 0.508 e. The van der Waals surface area contributed by atoms with Crippen molar-refractivity contribution in [3.05, 3.63) is 29.3 Å². The van der Waals surface area contributed by atoms with Gasteiger partial charge >= 0.3 is 0 Å². The molecule has 1 aromatic rings. The number of phenols is 1. The molecule has 100 valence electrons. The second-order valence-corrected chi connectivity index (χ2v) is 5.38. The van der Waals surface area contributed by atoms with E-state index in [2.05, 4.69) is 19.2 Å². The van der Waals surface area contributed by atoms with Crippen LogP contribution in [-0.2, 0) is 0 Å². The summed E-state index contributed by atoms with van der Waals surface area (Å²) in [4.78, 5) is 12.0. The maximum atomic E-state index is 12.0. The number of hydrogen-bond acceptors (Lipinski definition) is 3. The number of carbonyl (C=O) groups is 1. The summed E-state index contributed by atoms with van der Waals surface area (Å²) in [5, 5.41) is 12.2. The summed E-state index contributed by atoms with van der Waals surface area (Å²) < 4.78 is 0. The van der Waals surface area contributed by atoms with Crippen molar-refractivity contribution in [2.45, 2.75) is 27.2 Å². The zero-order valence-electron chi connectivity index (χ0n) is 11.3. The fourth-order valence-corrected chi connectivity index (χ4v) is 1.80. The summed E-state index contributed by atoms with van der Waals surface area (Å²) >= 11 is 0. The van der Waals surface area contributed by atoms with Gasteiger partial charge in [0.2, 0.25) is 0 Å². The van der Waals surface area contributed by atoms with Crippen molar-refractivity contribution in [1.82, 2.24) is 5.32 Å². The Kier molecular flexibility index (Phi) is 4.73. The zero-order valence-corrected chi connectivity index (χ0v) is 11.3.